The predicted octanol–water partition coefficient (Wildman–Crippen LogP) is 2.73. The number of benzene rings is 1. The fraction of sp³-hybridized carbons (Fsp3) is 0.286. The summed E-state index contributed by atoms with van der Waals surface area (Å²) >= 11 is 1.49. The van der Waals surface area contributed by atoms with Gasteiger partial charge >= 0.3 is 0 Å². The van der Waals surface area contributed by atoms with Gasteiger partial charge in [-0.3, -0.25) is 14.5 Å². The summed E-state index contributed by atoms with van der Waals surface area (Å²) in [4.78, 5) is 25.5. The van der Waals surface area contributed by atoms with Gasteiger partial charge in [0, 0.05) is 17.7 Å². The Bertz CT molecular complexity index is 536. The lowest BCUT2D eigenvalue weighted by Crippen LogP contribution is -2.25. The molecule has 0 N–H and O–H groups in total. The van der Waals surface area contributed by atoms with E-state index in [-0.39, 0.29) is 11.7 Å². The van der Waals surface area contributed by atoms with Crippen LogP contribution in [0.25, 0.3) is 0 Å². The molecule has 92 valence electrons. The van der Waals surface area contributed by atoms with Gasteiger partial charge in [0.25, 0.3) is 0 Å². The Balaban J connectivity index is 2.06. The van der Waals surface area contributed by atoms with Gasteiger partial charge < -0.3 is 0 Å². The first-order chi connectivity index (χ1) is 8.77. The van der Waals surface area contributed by atoms with Gasteiger partial charge in [0.1, 0.15) is 0 Å². The van der Waals surface area contributed by atoms with Gasteiger partial charge in [0.15, 0.2) is 5.78 Å². The van der Waals surface area contributed by atoms with Gasteiger partial charge in [-0.25, -0.2) is 0 Å². The molecule has 1 amide bonds. The number of carbonyl (C=O) groups excluding carboxylic acids is 2. The Morgan fingerprint density at radius 1 is 1.06 bits per heavy atom. The normalized spacial score (nSPS) is 24.1. The van der Waals surface area contributed by atoms with Crippen LogP contribution in [0.2, 0.25) is 0 Å². The summed E-state index contributed by atoms with van der Waals surface area (Å²) in [7, 11) is 0. The molecule has 0 unspecified atom stereocenters. The third kappa shape index (κ3) is 1.86. The molecule has 0 atom stereocenters. The van der Waals surface area contributed by atoms with Gasteiger partial charge in [-0.05, 0) is 25.0 Å². The zero-order chi connectivity index (χ0) is 12.5. The minimum atomic E-state index is 0.0633. The Morgan fingerprint density at radius 3 is 2.50 bits per heavy atom. The highest BCUT2D eigenvalue weighted by molar-refractivity contribution is 8.04. The van der Waals surface area contributed by atoms with E-state index in [1.54, 1.807) is 4.90 Å². The lowest BCUT2D eigenvalue weighted by atomic mass is 10.2. The van der Waals surface area contributed by atoms with Crippen LogP contribution in [0.15, 0.2) is 40.9 Å². The number of Topliss-reactive ketones (excluding diaryl/α,β-unsaturated/α-hetero) is 1. The van der Waals surface area contributed by atoms with E-state index in [1.165, 1.54) is 11.8 Å². The minimum absolute atomic E-state index is 0.0633. The topological polar surface area (TPSA) is 37.4 Å². The second-order valence-corrected chi connectivity index (χ2v) is 5.38. The van der Waals surface area contributed by atoms with E-state index >= 15 is 0 Å². The van der Waals surface area contributed by atoms with Crippen molar-refractivity contribution in [3.05, 3.63) is 40.9 Å². The van der Waals surface area contributed by atoms with E-state index in [2.05, 4.69) is 0 Å². The van der Waals surface area contributed by atoms with Gasteiger partial charge in [0.05, 0.1) is 10.8 Å². The fourth-order valence-corrected chi connectivity index (χ4v) is 3.49. The number of rotatable bonds is 1. The monoisotopic (exact) mass is 259 g/mol. The number of allylic oxidation sites excluding steroid dienone is 1. The van der Waals surface area contributed by atoms with E-state index in [1.807, 2.05) is 30.3 Å². The Morgan fingerprint density at radius 2 is 1.83 bits per heavy atom. The summed E-state index contributed by atoms with van der Waals surface area (Å²) in [5.41, 5.74) is 1.70. The van der Waals surface area contributed by atoms with Crippen LogP contribution in [0, 0.1) is 0 Å². The van der Waals surface area contributed by atoms with Crippen LogP contribution in [0.4, 0.5) is 5.69 Å². The molecule has 1 heterocycles. The lowest BCUT2D eigenvalue weighted by molar-refractivity contribution is -0.115. The van der Waals surface area contributed by atoms with Crippen LogP contribution in [0.1, 0.15) is 19.3 Å². The Labute approximate surface area is 110 Å². The molecule has 2 aliphatic rings. The second kappa shape index (κ2) is 4.61. The lowest BCUT2D eigenvalue weighted by Gasteiger charge is -2.18. The number of carbonyl (C=O) groups is 2. The van der Waals surface area contributed by atoms with Crippen LogP contribution in [-0.2, 0) is 9.59 Å². The summed E-state index contributed by atoms with van der Waals surface area (Å²) in [6, 6.07) is 9.55. The molecule has 1 aromatic carbocycles. The van der Waals surface area contributed by atoms with Gasteiger partial charge in [0.2, 0.25) is 5.91 Å². The standard InChI is InChI=1S/C14H13NO2S/c16-12-8-4-7-11(12)14-15(13(17)9-18-14)10-5-2-1-3-6-10/h1-3,5-6H,4,7-9H2/b14-11-. The summed E-state index contributed by atoms with van der Waals surface area (Å²) in [6.07, 6.45) is 2.34. The van der Waals surface area contributed by atoms with Crippen molar-refractivity contribution >= 4 is 29.1 Å². The maximum Gasteiger partial charge on any atom is 0.242 e. The molecule has 3 rings (SSSR count). The van der Waals surface area contributed by atoms with E-state index < -0.39 is 0 Å². The smallest absolute Gasteiger partial charge is 0.242 e. The number of thioether (sulfide) groups is 1. The average Bonchev–Trinajstić information content (AvgIpc) is 2.96. The molecule has 2 fully saturated rings. The van der Waals surface area contributed by atoms with E-state index in [9.17, 15) is 9.59 Å². The molecule has 0 bridgehead atoms. The molecule has 1 aliphatic heterocycles. The third-order valence-electron chi connectivity index (χ3n) is 3.22. The molecule has 1 aliphatic carbocycles. The van der Waals surface area contributed by atoms with Crippen LogP contribution in [-0.4, -0.2) is 17.4 Å². The van der Waals surface area contributed by atoms with Crippen molar-refractivity contribution in [2.24, 2.45) is 0 Å². The summed E-state index contributed by atoms with van der Waals surface area (Å²) in [5.74, 6) is 0.697. The molecular formula is C14H13NO2S. The number of anilines is 1. The van der Waals surface area contributed by atoms with Gasteiger partial charge in [-0.15, -0.1) is 0 Å². The Kier molecular flexibility index (Phi) is 2.96. The average molecular weight is 259 g/mol. The quantitative estimate of drug-likeness (QED) is 0.728. The first kappa shape index (κ1) is 11.5. The highest BCUT2D eigenvalue weighted by Crippen LogP contribution is 2.39. The molecule has 4 heteroatoms. The number of nitrogens with zero attached hydrogens (tertiary/aromatic N) is 1. The van der Waals surface area contributed by atoms with Crippen molar-refractivity contribution in [2.75, 3.05) is 10.7 Å². The summed E-state index contributed by atoms with van der Waals surface area (Å²) in [6.45, 7) is 0. The molecule has 3 nitrogen and oxygen atoms in total. The molecular weight excluding hydrogens is 246 g/mol. The fourth-order valence-electron chi connectivity index (χ4n) is 2.38. The van der Waals surface area contributed by atoms with Gasteiger partial charge in [-0.2, -0.15) is 0 Å². The molecule has 0 spiro atoms. The van der Waals surface area contributed by atoms with Crippen molar-refractivity contribution < 1.29 is 9.59 Å². The summed E-state index contributed by atoms with van der Waals surface area (Å²) in [5, 5.41) is 0.855. The van der Waals surface area contributed by atoms with Gasteiger partial charge in [-0.1, -0.05) is 30.0 Å². The maximum absolute atomic E-state index is 12.0. The molecule has 0 aromatic heterocycles. The molecule has 0 radical (unpaired) electrons. The zero-order valence-corrected chi connectivity index (χ0v) is 10.7. The van der Waals surface area contributed by atoms with Crippen LogP contribution in [0.3, 0.4) is 0 Å². The molecule has 18 heavy (non-hydrogen) atoms. The molecule has 1 saturated heterocycles. The van der Waals surface area contributed by atoms with Crippen molar-refractivity contribution in [1.29, 1.82) is 0 Å². The van der Waals surface area contributed by atoms with Crippen LogP contribution < -0.4 is 4.90 Å². The van der Waals surface area contributed by atoms with E-state index in [0.717, 1.165) is 29.1 Å². The Hall–Kier alpha value is -1.55. The van der Waals surface area contributed by atoms with Crippen LogP contribution in [0.5, 0.6) is 0 Å². The van der Waals surface area contributed by atoms with E-state index in [4.69, 9.17) is 0 Å². The van der Waals surface area contributed by atoms with Crippen molar-refractivity contribution in [3.8, 4) is 0 Å². The highest BCUT2D eigenvalue weighted by Gasteiger charge is 2.33. The number of amides is 1. The number of hydrogen-bond acceptors (Lipinski definition) is 3. The highest BCUT2D eigenvalue weighted by atomic mass is 32.2. The second-order valence-electron chi connectivity index (χ2n) is 4.41. The largest absolute Gasteiger partial charge is 0.294 e. The molecule has 1 aromatic rings. The third-order valence-corrected chi connectivity index (χ3v) is 4.32. The molecule has 1 saturated carbocycles. The van der Waals surface area contributed by atoms with Crippen molar-refractivity contribution in [1.82, 2.24) is 0 Å². The minimum Gasteiger partial charge on any atom is -0.294 e. The van der Waals surface area contributed by atoms with E-state index in [0.29, 0.717) is 12.2 Å². The summed E-state index contributed by atoms with van der Waals surface area (Å²) < 4.78 is 0. The SMILES string of the molecule is O=C1CCC/C1=C1/SCC(=O)N1c1ccccc1. The number of ketones is 1. The van der Waals surface area contributed by atoms with Crippen LogP contribution >= 0.6 is 11.8 Å². The first-order valence-corrected chi connectivity index (χ1v) is 7.03. The number of hydrogen-bond donors (Lipinski definition) is 0. The maximum atomic E-state index is 12.0. The van der Waals surface area contributed by atoms with Crippen molar-refractivity contribution in [2.45, 2.75) is 19.3 Å². The zero-order valence-electron chi connectivity index (χ0n) is 9.89. The number of para-hydroxylation sites is 1. The van der Waals surface area contributed by atoms with Crippen molar-refractivity contribution in [3.63, 3.8) is 0 Å². The first-order valence-electron chi connectivity index (χ1n) is 6.04. The predicted molar refractivity (Wildman–Crippen MR) is 72.3 cm³/mol.